The molecule has 1 atom stereocenters. The molecule has 31 heavy (non-hydrogen) atoms. The average Bonchev–Trinajstić information content (AvgIpc) is 3.23. The van der Waals surface area contributed by atoms with Crippen LogP contribution in [0.15, 0.2) is 35.8 Å². The Bertz CT molecular complexity index is 881. The van der Waals surface area contributed by atoms with Gasteiger partial charge in [0, 0.05) is 45.5 Å². The molecule has 0 radical (unpaired) electrons. The van der Waals surface area contributed by atoms with Crippen LogP contribution >= 0.6 is 11.3 Å². The van der Waals surface area contributed by atoms with Gasteiger partial charge in [-0.2, -0.15) is 0 Å². The Morgan fingerprint density at radius 1 is 1.13 bits per heavy atom. The summed E-state index contributed by atoms with van der Waals surface area (Å²) in [4.78, 5) is 35.5. The molecule has 2 amide bonds. The third-order valence-electron chi connectivity index (χ3n) is 6.02. The molecule has 9 heteroatoms. The van der Waals surface area contributed by atoms with Crippen LogP contribution < -0.4 is 16.0 Å². The quantitative estimate of drug-likeness (QED) is 0.678. The lowest BCUT2D eigenvalue weighted by atomic mass is 9.97. The number of piperazine rings is 1. The van der Waals surface area contributed by atoms with Crippen LogP contribution in [0.3, 0.4) is 0 Å². The van der Waals surface area contributed by atoms with Crippen LogP contribution in [0.4, 0.5) is 10.8 Å². The smallest absolute Gasteiger partial charge is 0.251 e. The Morgan fingerprint density at radius 3 is 2.71 bits per heavy atom. The fraction of sp³-hybridized carbons (Fsp3) is 0.500. The molecule has 2 aromatic heterocycles. The number of amides is 2. The topological polar surface area (TPSA) is 94.8 Å². The number of carbonyl (C=O) groups is 2. The minimum absolute atomic E-state index is 0.0884. The number of nitrogens with one attached hydrogen (secondary N) is 1. The van der Waals surface area contributed by atoms with E-state index in [1.165, 1.54) is 17.8 Å². The number of aromatic nitrogens is 1. The molecule has 0 aromatic carbocycles. The maximum absolute atomic E-state index is 12.5. The van der Waals surface area contributed by atoms with Crippen molar-refractivity contribution in [1.29, 1.82) is 0 Å². The standard InChI is InChI=1S/C22H30N6O2S/c23-21(30)18-6-13-31-22(18)25-20(29)16-27-8-3-4-17(15-27)14-26-9-11-28(12-10-26)19-5-1-2-7-24-19/h1-2,5-7,13,17H,3-4,8-12,14-16H2,(H2,23,30)(H,25,29). The first-order valence-electron chi connectivity index (χ1n) is 10.9. The molecule has 166 valence electrons. The lowest BCUT2D eigenvalue weighted by molar-refractivity contribution is -0.117. The monoisotopic (exact) mass is 442 g/mol. The van der Waals surface area contributed by atoms with Gasteiger partial charge in [0.05, 0.1) is 12.1 Å². The Labute approximate surface area is 187 Å². The Morgan fingerprint density at radius 2 is 1.97 bits per heavy atom. The predicted octanol–water partition coefficient (Wildman–Crippen LogP) is 1.71. The molecule has 2 aliphatic heterocycles. The van der Waals surface area contributed by atoms with E-state index in [9.17, 15) is 9.59 Å². The Hall–Kier alpha value is -2.49. The van der Waals surface area contributed by atoms with Crippen molar-refractivity contribution >= 4 is 34.0 Å². The number of likely N-dealkylation sites (tertiary alicyclic amines) is 1. The summed E-state index contributed by atoms with van der Waals surface area (Å²) in [5, 5.41) is 5.15. The molecule has 0 bridgehead atoms. The molecule has 0 spiro atoms. The van der Waals surface area contributed by atoms with E-state index in [4.69, 9.17) is 5.73 Å². The summed E-state index contributed by atoms with van der Waals surface area (Å²) in [6, 6.07) is 7.70. The van der Waals surface area contributed by atoms with E-state index in [1.54, 1.807) is 11.4 Å². The number of nitrogens with two attached hydrogens (primary N) is 1. The van der Waals surface area contributed by atoms with Gasteiger partial charge < -0.3 is 16.0 Å². The average molecular weight is 443 g/mol. The third kappa shape index (κ3) is 5.81. The number of pyridine rings is 1. The van der Waals surface area contributed by atoms with E-state index in [2.05, 4.69) is 31.1 Å². The van der Waals surface area contributed by atoms with Crippen LogP contribution in [0.25, 0.3) is 0 Å². The first-order chi connectivity index (χ1) is 15.1. The molecular formula is C22H30N6O2S. The molecule has 2 saturated heterocycles. The van der Waals surface area contributed by atoms with Gasteiger partial charge >= 0.3 is 0 Å². The maximum Gasteiger partial charge on any atom is 0.251 e. The molecule has 2 fully saturated rings. The number of nitrogens with zero attached hydrogens (tertiary/aromatic N) is 4. The fourth-order valence-electron chi connectivity index (χ4n) is 4.48. The van der Waals surface area contributed by atoms with E-state index in [1.807, 2.05) is 18.3 Å². The molecule has 0 saturated carbocycles. The molecule has 4 rings (SSSR count). The van der Waals surface area contributed by atoms with Crippen LogP contribution in [0.2, 0.25) is 0 Å². The summed E-state index contributed by atoms with van der Waals surface area (Å²) in [6.45, 7) is 7.37. The van der Waals surface area contributed by atoms with Gasteiger partial charge in [-0.05, 0) is 48.9 Å². The van der Waals surface area contributed by atoms with Crippen molar-refractivity contribution in [2.24, 2.45) is 11.7 Å². The van der Waals surface area contributed by atoms with E-state index >= 15 is 0 Å². The molecule has 0 aliphatic carbocycles. The molecule has 8 nitrogen and oxygen atoms in total. The summed E-state index contributed by atoms with van der Waals surface area (Å²) in [7, 11) is 0. The Kier molecular flexibility index (Phi) is 7.16. The zero-order valence-electron chi connectivity index (χ0n) is 17.7. The van der Waals surface area contributed by atoms with Crippen molar-refractivity contribution in [3.8, 4) is 0 Å². The van der Waals surface area contributed by atoms with Gasteiger partial charge in [-0.25, -0.2) is 4.98 Å². The van der Waals surface area contributed by atoms with E-state index in [0.29, 0.717) is 23.0 Å². The largest absolute Gasteiger partial charge is 0.366 e. The number of hydrogen-bond donors (Lipinski definition) is 2. The van der Waals surface area contributed by atoms with Crippen LogP contribution in [0.1, 0.15) is 23.2 Å². The summed E-state index contributed by atoms with van der Waals surface area (Å²) >= 11 is 1.32. The fourth-order valence-corrected chi connectivity index (χ4v) is 5.29. The zero-order chi connectivity index (χ0) is 21.6. The first kappa shape index (κ1) is 21.7. The van der Waals surface area contributed by atoms with Crippen molar-refractivity contribution in [3.05, 3.63) is 41.4 Å². The van der Waals surface area contributed by atoms with Gasteiger partial charge in [0.1, 0.15) is 10.8 Å². The molecule has 2 aliphatic rings. The predicted molar refractivity (Wildman–Crippen MR) is 124 cm³/mol. The van der Waals surface area contributed by atoms with Gasteiger partial charge in [0.25, 0.3) is 5.91 Å². The van der Waals surface area contributed by atoms with Gasteiger partial charge in [-0.15, -0.1) is 11.3 Å². The second-order valence-electron chi connectivity index (χ2n) is 8.29. The molecular weight excluding hydrogens is 412 g/mol. The number of primary amides is 1. The van der Waals surface area contributed by atoms with Crippen LogP contribution in [-0.4, -0.2) is 79.0 Å². The van der Waals surface area contributed by atoms with Crippen LogP contribution in [0.5, 0.6) is 0 Å². The second-order valence-corrected chi connectivity index (χ2v) is 9.21. The van der Waals surface area contributed by atoms with Gasteiger partial charge in [-0.3, -0.25) is 19.4 Å². The summed E-state index contributed by atoms with van der Waals surface area (Å²) < 4.78 is 0. The van der Waals surface area contributed by atoms with Crippen molar-refractivity contribution < 1.29 is 9.59 Å². The van der Waals surface area contributed by atoms with Crippen LogP contribution in [-0.2, 0) is 4.79 Å². The van der Waals surface area contributed by atoms with Crippen LogP contribution in [0, 0.1) is 5.92 Å². The number of piperidine rings is 1. The van der Waals surface area contributed by atoms with Crippen molar-refractivity contribution in [2.45, 2.75) is 12.8 Å². The number of carbonyl (C=O) groups excluding carboxylic acids is 2. The second kappa shape index (κ2) is 10.2. The highest BCUT2D eigenvalue weighted by molar-refractivity contribution is 7.14. The van der Waals surface area contributed by atoms with Crippen molar-refractivity contribution in [1.82, 2.24) is 14.8 Å². The first-order valence-corrected chi connectivity index (χ1v) is 11.7. The molecule has 2 aromatic rings. The summed E-state index contributed by atoms with van der Waals surface area (Å²) in [5.74, 6) is 1.03. The van der Waals surface area contributed by atoms with E-state index in [0.717, 1.165) is 58.1 Å². The molecule has 3 N–H and O–H groups in total. The minimum Gasteiger partial charge on any atom is -0.366 e. The normalized spacial score (nSPS) is 20.5. The minimum atomic E-state index is -0.516. The van der Waals surface area contributed by atoms with Gasteiger partial charge in [0.15, 0.2) is 0 Å². The third-order valence-corrected chi connectivity index (χ3v) is 6.85. The van der Waals surface area contributed by atoms with Gasteiger partial charge in [-0.1, -0.05) is 6.07 Å². The number of rotatable bonds is 7. The van der Waals surface area contributed by atoms with E-state index < -0.39 is 5.91 Å². The number of anilines is 2. The lowest BCUT2D eigenvalue weighted by Gasteiger charge is -2.39. The summed E-state index contributed by atoms with van der Waals surface area (Å²) in [6.07, 6.45) is 4.16. The maximum atomic E-state index is 12.5. The molecule has 1 unspecified atom stereocenters. The van der Waals surface area contributed by atoms with Crippen molar-refractivity contribution in [2.75, 3.05) is 62.6 Å². The zero-order valence-corrected chi connectivity index (χ0v) is 18.5. The number of hydrogen-bond acceptors (Lipinski definition) is 7. The lowest BCUT2D eigenvalue weighted by Crippen LogP contribution is -2.50. The van der Waals surface area contributed by atoms with Gasteiger partial charge in [0.2, 0.25) is 5.91 Å². The van der Waals surface area contributed by atoms with Crippen molar-refractivity contribution in [3.63, 3.8) is 0 Å². The highest BCUT2D eigenvalue weighted by atomic mass is 32.1. The molecule has 4 heterocycles. The highest BCUT2D eigenvalue weighted by Gasteiger charge is 2.26. The summed E-state index contributed by atoms with van der Waals surface area (Å²) in [5.41, 5.74) is 5.74. The Balaban J connectivity index is 1.22. The number of thiophene rings is 1. The SMILES string of the molecule is NC(=O)c1ccsc1NC(=O)CN1CCCC(CN2CCN(c3ccccn3)CC2)C1. The van der Waals surface area contributed by atoms with E-state index in [-0.39, 0.29) is 5.91 Å². The highest BCUT2D eigenvalue weighted by Crippen LogP contribution is 2.23.